The Morgan fingerprint density at radius 1 is 1.13 bits per heavy atom. The number of aryl methyl sites for hydroxylation is 1. The van der Waals surface area contributed by atoms with Crippen molar-refractivity contribution in [2.75, 3.05) is 0 Å². The lowest BCUT2D eigenvalue weighted by atomic mass is 10.0. The van der Waals surface area contributed by atoms with Crippen molar-refractivity contribution in [3.8, 4) is 0 Å². The summed E-state index contributed by atoms with van der Waals surface area (Å²) in [5.74, 6) is -0.903. The normalized spacial score (nSPS) is 14.7. The van der Waals surface area contributed by atoms with E-state index in [-0.39, 0.29) is 11.3 Å². The van der Waals surface area contributed by atoms with Gasteiger partial charge in [-0.15, -0.1) is 0 Å². The lowest BCUT2D eigenvalue weighted by molar-refractivity contribution is -0.120. The van der Waals surface area contributed by atoms with Crippen LogP contribution in [-0.4, -0.2) is 18.4 Å². The van der Waals surface area contributed by atoms with Crippen LogP contribution in [0, 0.1) is 12.8 Å². The fourth-order valence-electron chi connectivity index (χ4n) is 2.55. The molecule has 0 bridgehead atoms. The van der Waals surface area contributed by atoms with E-state index in [4.69, 9.17) is 11.6 Å². The van der Waals surface area contributed by atoms with Gasteiger partial charge in [0.2, 0.25) is 14.0 Å². The van der Waals surface area contributed by atoms with Crippen LogP contribution >= 0.6 is 11.6 Å². The monoisotopic (exact) mass is 358 g/mol. The third-order valence-corrected chi connectivity index (χ3v) is 7.73. The second kappa shape index (κ2) is 8.29. The Hall–Kier alpha value is -0.870. The topological polar surface area (TPSA) is 51.2 Å². The Kier molecular flexibility index (Phi) is 7.28. The highest BCUT2D eigenvalue weighted by Gasteiger charge is 2.51. The van der Waals surface area contributed by atoms with Crippen LogP contribution in [0.2, 0.25) is 0 Å². The van der Waals surface area contributed by atoms with E-state index in [1.807, 2.05) is 6.92 Å². The Bertz CT molecular complexity index is 620. The quantitative estimate of drug-likeness (QED) is 0.466. The summed E-state index contributed by atoms with van der Waals surface area (Å²) in [6.07, 6.45) is 3.89. The van der Waals surface area contributed by atoms with Crippen molar-refractivity contribution in [3.05, 3.63) is 29.8 Å². The predicted molar refractivity (Wildman–Crippen MR) is 95.6 cm³/mol. The molecule has 0 heterocycles. The van der Waals surface area contributed by atoms with Gasteiger partial charge in [0.05, 0.1) is 4.90 Å². The number of carbonyl (C=O) groups excluding carboxylic acids is 1. The first kappa shape index (κ1) is 20.2. The van der Waals surface area contributed by atoms with Crippen LogP contribution < -0.4 is 0 Å². The van der Waals surface area contributed by atoms with Crippen LogP contribution in [0.4, 0.5) is 0 Å². The Morgan fingerprint density at radius 3 is 2.17 bits per heavy atom. The zero-order chi connectivity index (χ0) is 17.7. The number of hydrogen-bond acceptors (Lipinski definition) is 3. The van der Waals surface area contributed by atoms with Crippen LogP contribution in [-0.2, 0) is 14.6 Å². The second-order valence-corrected chi connectivity index (χ2v) is 9.29. The van der Waals surface area contributed by atoms with Gasteiger partial charge in [0.15, 0.2) is 5.78 Å². The van der Waals surface area contributed by atoms with Crippen molar-refractivity contribution in [2.24, 2.45) is 5.92 Å². The average Bonchev–Trinajstić information content (AvgIpc) is 2.50. The smallest absolute Gasteiger partial charge is 0.209 e. The maximum Gasteiger partial charge on any atom is 0.209 e. The molecule has 130 valence electrons. The molecule has 0 amide bonds. The van der Waals surface area contributed by atoms with Crippen LogP contribution in [0.1, 0.15) is 58.4 Å². The molecule has 0 fully saturated rings. The predicted octanol–water partition coefficient (Wildman–Crippen LogP) is 4.90. The van der Waals surface area contributed by atoms with Gasteiger partial charge in [-0.05, 0) is 31.4 Å². The molecule has 0 aromatic heterocycles. The van der Waals surface area contributed by atoms with Gasteiger partial charge in [-0.1, -0.05) is 69.3 Å². The number of carbonyl (C=O) groups is 1. The van der Waals surface area contributed by atoms with Crippen LogP contribution in [0.25, 0.3) is 0 Å². The summed E-state index contributed by atoms with van der Waals surface area (Å²) < 4.78 is 24.1. The van der Waals surface area contributed by atoms with E-state index in [9.17, 15) is 13.2 Å². The molecule has 5 heteroatoms. The molecule has 0 aliphatic heterocycles. The maximum absolute atomic E-state index is 13.0. The fourth-order valence-corrected chi connectivity index (χ4v) is 4.78. The van der Waals surface area contributed by atoms with Gasteiger partial charge in [0.25, 0.3) is 0 Å². The van der Waals surface area contributed by atoms with Crippen molar-refractivity contribution >= 4 is 27.2 Å². The maximum atomic E-state index is 13.0. The van der Waals surface area contributed by atoms with Crippen molar-refractivity contribution < 1.29 is 13.2 Å². The number of unbranched alkanes of at least 4 members (excludes halogenated alkanes) is 3. The molecule has 0 N–H and O–H groups in total. The first-order valence-corrected chi connectivity index (χ1v) is 10.1. The summed E-state index contributed by atoms with van der Waals surface area (Å²) in [6, 6.07) is 6.48. The van der Waals surface area contributed by atoms with Crippen LogP contribution in [0.3, 0.4) is 0 Å². The summed E-state index contributed by atoms with van der Waals surface area (Å²) >= 11 is 6.47. The summed E-state index contributed by atoms with van der Waals surface area (Å²) in [6.45, 7) is 7.33. The molecule has 0 aliphatic carbocycles. The third kappa shape index (κ3) is 4.36. The molecule has 1 rings (SSSR count). The van der Waals surface area contributed by atoms with Crippen molar-refractivity contribution in [1.29, 1.82) is 0 Å². The lowest BCUT2D eigenvalue weighted by Crippen LogP contribution is -2.45. The van der Waals surface area contributed by atoms with Crippen molar-refractivity contribution in [2.45, 2.75) is 68.9 Å². The average molecular weight is 359 g/mol. The molecule has 0 spiro atoms. The molecule has 1 unspecified atom stereocenters. The molecular formula is C18H27ClO3S. The summed E-state index contributed by atoms with van der Waals surface area (Å²) in [4.78, 5) is 12.8. The Balaban J connectivity index is 3.12. The van der Waals surface area contributed by atoms with Crippen molar-refractivity contribution in [3.63, 3.8) is 0 Å². The van der Waals surface area contributed by atoms with E-state index in [0.29, 0.717) is 6.42 Å². The number of benzene rings is 1. The first-order valence-electron chi connectivity index (χ1n) is 8.21. The van der Waals surface area contributed by atoms with Gasteiger partial charge in [-0.3, -0.25) is 4.79 Å². The van der Waals surface area contributed by atoms with E-state index in [1.165, 1.54) is 12.1 Å². The van der Waals surface area contributed by atoms with Crippen LogP contribution in [0.15, 0.2) is 29.2 Å². The molecule has 0 saturated carbocycles. The number of halogens is 1. The summed E-state index contributed by atoms with van der Waals surface area (Å²) in [5.41, 5.74) is 0.958. The van der Waals surface area contributed by atoms with E-state index in [2.05, 4.69) is 6.92 Å². The number of alkyl halides is 1. The molecule has 0 aliphatic rings. The number of sulfone groups is 1. The van der Waals surface area contributed by atoms with Gasteiger partial charge in [-0.25, -0.2) is 8.42 Å². The van der Waals surface area contributed by atoms with Gasteiger partial charge in [0, 0.05) is 6.42 Å². The minimum absolute atomic E-state index is 0.105. The molecule has 1 aromatic carbocycles. The number of ketones is 1. The molecule has 1 aromatic rings. The number of rotatable bonds is 9. The Morgan fingerprint density at radius 2 is 1.70 bits per heavy atom. The standard InChI is InChI=1S/C18H27ClO3S/c1-5-6-7-8-9-17(20)18(19,14(2)3)23(21,22)16-12-10-15(4)11-13-16/h10-14H,5-9H2,1-4H3. The minimum Gasteiger partial charge on any atom is -0.297 e. The second-order valence-electron chi connectivity index (χ2n) is 6.35. The van der Waals surface area contributed by atoms with Gasteiger partial charge in [-0.2, -0.15) is 0 Å². The lowest BCUT2D eigenvalue weighted by Gasteiger charge is -2.29. The van der Waals surface area contributed by atoms with Crippen molar-refractivity contribution in [1.82, 2.24) is 0 Å². The van der Waals surface area contributed by atoms with Gasteiger partial charge < -0.3 is 0 Å². The highest BCUT2D eigenvalue weighted by atomic mass is 35.5. The van der Waals surface area contributed by atoms with E-state index < -0.39 is 25.7 Å². The van der Waals surface area contributed by atoms with E-state index >= 15 is 0 Å². The highest BCUT2D eigenvalue weighted by Crippen LogP contribution is 2.38. The Labute approximate surface area is 145 Å². The number of hydrogen-bond donors (Lipinski definition) is 0. The molecule has 23 heavy (non-hydrogen) atoms. The summed E-state index contributed by atoms with van der Waals surface area (Å²) in [5, 5.41) is 0. The van der Waals surface area contributed by atoms with E-state index in [1.54, 1.807) is 26.0 Å². The van der Waals surface area contributed by atoms with E-state index in [0.717, 1.165) is 24.8 Å². The zero-order valence-corrected chi connectivity index (χ0v) is 16.0. The highest BCUT2D eigenvalue weighted by molar-refractivity contribution is 7.95. The third-order valence-electron chi connectivity index (χ3n) is 4.10. The van der Waals surface area contributed by atoms with Gasteiger partial charge in [0.1, 0.15) is 0 Å². The fraction of sp³-hybridized carbons (Fsp3) is 0.611. The molecule has 1 atom stereocenters. The molecule has 0 saturated heterocycles. The summed E-state index contributed by atoms with van der Waals surface area (Å²) in [7, 11) is -3.94. The van der Waals surface area contributed by atoms with Gasteiger partial charge >= 0.3 is 0 Å². The number of Topliss-reactive ketones (excluding diaryl/α,β-unsaturated/α-hetero) is 1. The SMILES string of the molecule is CCCCCCC(=O)C(Cl)(C(C)C)S(=O)(=O)c1ccc(C)cc1. The zero-order valence-electron chi connectivity index (χ0n) is 14.4. The van der Waals surface area contributed by atoms with Crippen LogP contribution in [0.5, 0.6) is 0 Å². The molecule has 0 radical (unpaired) electrons. The molecule has 3 nitrogen and oxygen atoms in total. The molecular weight excluding hydrogens is 332 g/mol. The first-order chi connectivity index (χ1) is 10.7. The minimum atomic E-state index is -3.94. The largest absolute Gasteiger partial charge is 0.297 e.